The minimum absolute atomic E-state index is 0.0925. The lowest BCUT2D eigenvalue weighted by atomic mass is 10.3. The van der Waals surface area contributed by atoms with Crippen molar-refractivity contribution in [1.29, 1.82) is 0 Å². The van der Waals surface area contributed by atoms with Gasteiger partial charge in [-0.05, 0) is 55.9 Å². The molecular weight excluding hydrogens is 328 g/mol. The molecule has 1 heterocycles. The summed E-state index contributed by atoms with van der Waals surface area (Å²) in [7, 11) is -3.51. The van der Waals surface area contributed by atoms with Crippen LogP contribution in [0.3, 0.4) is 0 Å². The Bertz CT molecular complexity index is 668. The lowest BCUT2D eigenvalue weighted by Gasteiger charge is -2.16. The number of nitrogens with zero attached hydrogens (tertiary/aromatic N) is 1. The van der Waals surface area contributed by atoms with Gasteiger partial charge < -0.3 is 9.64 Å². The number of amides is 1. The van der Waals surface area contributed by atoms with Gasteiger partial charge >= 0.3 is 0 Å². The quantitative estimate of drug-likeness (QED) is 0.689. The van der Waals surface area contributed by atoms with Gasteiger partial charge in [-0.3, -0.25) is 4.79 Å². The summed E-state index contributed by atoms with van der Waals surface area (Å²) in [4.78, 5) is 13.6. The molecule has 2 aliphatic rings. The number of nitrogens with one attached hydrogen (secondary N) is 1. The molecule has 1 aliphatic carbocycles. The molecule has 1 saturated heterocycles. The van der Waals surface area contributed by atoms with E-state index in [4.69, 9.17) is 4.74 Å². The molecule has 1 aliphatic heterocycles. The normalized spacial score (nSPS) is 18.3. The first-order chi connectivity index (χ1) is 11.6. The first kappa shape index (κ1) is 17.4. The van der Waals surface area contributed by atoms with Crippen molar-refractivity contribution in [3.8, 4) is 0 Å². The van der Waals surface area contributed by atoms with Gasteiger partial charge in [0.2, 0.25) is 15.9 Å². The molecule has 1 N–H and O–H groups in total. The van der Waals surface area contributed by atoms with Crippen molar-refractivity contribution in [2.45, 2.75) is 37.0 Å². The van der Waals surface area contributed by atoms with Gasteiger partial charge in [0.25, 0.3) is 0 Å². The molecular formula is C17H24N2O4S. The third-order valence-corrected chi connectivity index (χ3v) is 5.82. The van der Waals surface area contributed by atoms with E-state index in [1.54, 1.807) is 29.2 Å². The second-order valence-electron chi connectivity index (χ2n) is 6.41. The van der Waals surface area contributed by atoms with Gasteiger partial charge in [0, 0.05) is 38.4 Å². The summed E-state index contributed by atoms with van der Waals surface area (Å²) >= 11 is 0. The van der Waals surface area contributed by atoms with E-state index in [0.717, 1.165) is 24.6 Å². The maximum atomic E-state index is 12.2. The highest BCUT2D eigenvalue weighted by Gasteiger charge is 2.22. The van der Waals surface area contributed by atoms with Crippen molar-refractivity contribution >= 4 is 21.6 Å². The van der Waals surface area contributed by atoms with Crippen LogP contribution in [-0.4, -0.2) is 40.6 Å². The monoisotopic (exact) mass is 352 g/mol. The summed E-state index contributed by atoms with van der Waals surface area (Å²) in [5, 5.41) is 0. The average molecular weight is 352 g/mol. The number of carbonyl (C=O) groups excluding carboxylic acids is 1. The van der Waals surface area contributed by atoms with Gasteiger partial charge in [0.05, 0.1) is 4.90 Å². The van der Waals surface area contributed by atoms with E-state index < -0.39 is 10.0 Å². The number of sulfonamides is 1. The molecule has 7 heteroatoms. The zero-order valence-electron chi connectivity index (χ0n) is 13.7. The van der Waals surface area contributed by atoms with E-state index in [1.165, 1.54) is 12.8 Å². The minimum atomic E-state index is -3.51. The Balaban J connectivity index is 1.47. The standard InChI is InChI=1S/C17H24N2O4S/c20-17-3-1-11-19(17)15-6-8-16(9-7-15)24(21,22)18-10-2-12-23-13-14-4-5-14/h6-9,14,18H,1-5,10-13H2. The summed E-state index contributed by atoms with van der Waals surface area (Å²) in [5.74, 6) is 0.817. The number of benzene rings is 1. The highest BCUT2D eigenvalue weighted by Crippen LogP contribution is 2.28. The van der Waals surface area contributed by atoms with E-state index in [9.17, 15) is 13.2 Å². The zero-order chi connectivity index (χ0) is 17.0. The fourth-order valence-electron chi connectivity index (χ4n) is 2.72. The Morgan fingerprint density at radius 2 is 1.96 bits per heavy atom. The van der Waals surface area contributed by atoms with Crippen LogP contribution in [0.25, 0.3) is 0 Å². The van der Waals surface area contributed by atoms with E-state index in [0.29, 0.717) is 32.5 Å². The van der Waals surface area contributed by atoms with Gasteiger partial charge in [0.15, 0.2) is 0 Å². The Morgan fingerprint density at radius 3 is 2.58 bits per heavy atom. The predicted molar refractivity (Wildman–Crippen MR) is 91.4 cm³/mol. The molecule has 3 rings (SSSR count). The largest absolute Gasteiger partial charge is 0.381 e. The van der Waals surface area contributed by atoms with Gasteiger partial charge in [-0.15, -0.1) is 0 Å². The van der Waals surface area contributed by atoms with Crippen LogP contribution in [0.1, 0.15) is 32.1 Å². The number of anilines is 1. The van der Waals surface area contributed by atoms with Crippen LogP contribution < -0.4 is 9.62 Å². The van der Waals surface area contributed by atoms with Crippen LogP contribution in [0.15, 0.2) is 29.2 Å². The Kier molecular flexibility index (Phi) is 5.53. The third-order valence-electron chi connectivity index (χ3n) is 4.34. The highest BCUT2D eigenvalue weighted by molar-refractivity contribution is 7.89. The number of rotatable bonds is 9. The van der Waals surface area contributed by atoms with Crippen molar-refractivity contribution in [2.75, 3.05) is 31.2 Å². The summed E-state index contributed by atoms with van der Waals surface area (Å²) in [6, 6.07) is 6.48. The first-order valence-corrected chi connectivity index (χ1v) is 10.0. The van der Waals surface area contributed by atoms with E-state index in [1.807, 2.05) is 0 Å². The molecule has 6 nitrogen and oxygen atoms in total. The van der Waals surface area contributed by atoms with Crippen LogP contribution in [-0.2, 0) is 19.6 Å². The zero-order valence-corrected chi connectivity index (χ0v) is 14.6. The van der Waals surface area contributed by atoms with Crippen LogP contribution in [0.4, 0.5) is 5.69 Å². The molecule has 1 amide bonds. The molecule has 0 unspecified atom stereocenters. The molecule has 0 atom stereocenters. The second-order valence-corrected chi connectivity index (χ2v) is 8.18. The fraction of sp³-hybridized carbons (Fsp3) is 0.588. The molecule has 2 fully saturated rings. The summed E-state index contributed by atoms with van der Waals surface area (Å²) in [5.41, 5.74) is 0.755. The molecule has 0 bridgehead atoms. The molecule has 1 saturated carbocycles. The van der Waals surface area contributed by atoms with Gasteiger partial charge in [-0.2, -0.15) is 0 Å². The van der Waals surface area contributed by atoms with Crippen molar-refractivity contribution < 1.29 is 17.9 Å². The molecule has 0 spiro atoms. The smallest absolute Gasteiger partial charge is 0.240 e. The highest BCUT2D eigenvalue weighted by atomic mass is 32.2. The van der Waals surface area contributed by atoms with Crippen LogP contribution in [0, 0.1) is 5.92 Å². The summed E-state index contributed by atoms with van der Waals surface area (Å²) in [6.07, 6.45) is 4.58. The molecule has 1 aromatic rings. The van der Waals surface area contributed by atoms with Crippen molar-refractivity contribution in [1.82, 2.24) is 4.72 Å². The molecule has 0 aromatic heterocycles. The Hall–Kier alpha value is -1.44. The summed E-state index contributed by atoms with van der Waals surface area (Å²) < 4.78 is 32.6. The maximum Gasteiger partial charge on any atom is 0.240 e. The molecule has 24 heavy (non-hydrogen) atoms. The van der Waals surface area contributed by atoms with Crippen LogP contribution in [0.2, 0.25) is 0 Å². The molecule has 1 aromatic carbocycles. The van der Waals surface area contributed by atoms with E-state index in [2.05, 4.69) is 4.72 Å². The fourth-order valence-corrected chi connectivity index (χ4v) is 3.80. The van der Waals surface area contributed by atoms with Gasteiger partial charge in [-0.25, -0.2) is 13.1 Å². The number of hydrogen-bond donors (Lipinski definition) is 1. The number of ether oxygens (including phenoxy) is 1. The Morgan fingerprint density at radius 1 is 1.21 bits per heavy atom. The molecule has 132 valence electrons. The Labute approximate surface area is 143 Å². The molecule has 0 radical (unpaired) electrons. The minimum Gasteiger partial charge on any atom is -0.381 e. The van der Waals surface area contributed by atoms with Gasteiger partial charge in [-0.1, -0.05) is 0 Å². The topological polar surface area (TPSA) is 75.7 Å². The number of carbonyl (C=O) groups is 1. The third kappa shape index (κ3) is 4.55. The first-order valence-electron chi connectivity index (χ1n) is 8.54. The number of hydrogen-bond acceptors (Lipinski definition) is 4. The summed E-state index contributed by atoms with van der Waals surface area (Å²) in [6.45, 7) is 2.43. The van der Waals surface area contributed by atoms with E-state index in [-0.39, 0.29) is 10.8 Å². The van der Waals surface area contributed by atoms with Crippen molar-refractivity contribution in [3.63, 3.8) is 0 Å². The van der Waals surface area contributed by atoms with Crippen molar-refractivity contribution in [2.24, 2.45) is 5.92 Å². The second kappa shape index (κ2) is 7.63. The predicted octanol–water partition coefficient (Wildman–Crippen LogP) is 1.91. The van der Waals surface area contributed by atoms with Crippen LogP contribution >= 0.6 is 0 Å². The van der Waals surface area contributed by atoms with E-state index >= 15 is 0 Å². The average Bonchev–Trinajstić information content (AvgIpc) is 3.30. The lowest BCUT2D eigenvalue weighted by Crippen LogP contribution is -2.26. The lowest BCUT2D eigenvalue weighted by molar-refractivity contribution is -0.117. The maximum absolute atomic E-state index is 12.2. The van der Waals surface area contributed by atoms with Crippen molar-refractivity contribution in [3.05, 3.63) is 24.3 Å². The SMILES string of the molecule is O=C1CCCN1c1ccc(S(=O)(=O)NCCCOCC2CC2)cc1. The van der Waals surface area contributed by atoms with Crippen LogP contribution in [0.5, 0.6) is 0 Å². The van der Waals surface area contributed by atoms with Gasteiger partial charge in [0.1, 0.15) is 0 Å².